The molecule has 0 spiro atoms. The molecule has 1 heterocycles. The third-order valence-corrected chi connectivity index (χ3v) is 2.28. The third kappa shape index (κ3) is 2.95. The van der Waals surface area contributed by atoms with Crippen LogP contribution in [-0.2, 0) is 6.18 Å². The van der Waals surface area contributed by atoms with Crippen molar-refractivity contribution in [2.75, 3.05) is 5.73 Å². The molecule has 0 aliphatic heterocycles. The number of nitrogens with zero attached hydrogens (tertiary/aromatic N) is 3. The smallest absolute Gasteiger partial charge is 0.420 e. The first-order valence-corrected chi connectivity index (χ1v) is 5.27. The normalized spacial score (nSPS) is 10.9. The summed E-state index contributed by atoms with van der Waals surface area (Å²) in [6, 6.07) is 4.62. The summed E-state index contributed by atoms with van der Waals surface area (Å²) in [6.45, 7) is 0. The Morgan fingerprint density at radius 1 is 1.20 bits per heavy atom. The second-order valence-corrected chi connectivity index (χ2v) is 3.70. The molecule has 1 aromatic carbocycles. The number of hydrogen-bond donors (Lipinski definition) is 1. The van der Waals surface area contributed by atoms with Crippen LogP contribution < -0.4 is 10.5 Å². The molecule has 1 aromatic heterocycles. The monoisotopic (exact) mass is 280 g/mol. The van der Waals surface area contributed by atoms with Crippen molar-refractivity contribution in [2.45, 2.75) is 6.18 Å². The molecule has 2 N–H and O–H groups in total. The SMILES string of the molecule is N#Cc1ccc(Oc2cnc(N)cn2)c(C(F)(F)F)c1. The molecule has 0 amide bonds. The largest absolute Gasteiger partial charge is 0.437 e. The van der Waals surface area contributed by atoms with Crippen LogP contribution >= 0.6 is 0 Å². The Morgan fingerprint density at radius 2 is 1.95 bits per heavy atom. The number of nitrogens with two attached hydrogens (primary N) is 1. The van der Waals surface area contributed by atoms with E-state index in [1.54, 1.807) is 6.07 Å². The van der Waals surface area contributed by atoms with E-state index in [9.17, 15) is 13.2 Å². The topological polar surface area (TPSA) is 84.8 Å². The van der Waals surface area contributed by atoms with Gasteiger partial charge in [-0.25, -0.2) is 9.97 Å². The quantitative estimate of drug-likeness (QED) is 0.914. The summed E-state index contributed by atoms with van der Waals surface area (Å²) in [5.41, 5.74) is 4.13. The van der Waals surface area contributed by atoms with Crippen molar-refractivity contribution in [2.24, 2.45) is 0 Å². The second-order valence-electron chi connectivity index (χ2n) is 3.70. The number of nitrogen functional groups attached to an aromatic ring is 1. The highest BCUT2D eigenvalue weighted by Crippen LogP contribution is 2.38. The lowest BCUT2D eigenvalue weighted by Gasteiger charge is -2.13. The fourth-order valence-electron chi connectivity index (χ4n) is 1.40. The molecule has 0 aliphatic rings. The first-order valence-electron chi connectivity index (χ1n) is 5.27. The number of aromatic nitrogens is 2. The summed E-state index contributed by atoms with van der Waals surface area (Å²) in [5, 5.41) is 8.64. The fraction of sp³-hybridized carbons (Fsp3) is 0.0833. The minimum Gasteiger partial charge on any atom is -0.437 e. The van der Waals surface area contributed by atoms with Crippen LogP contribution in [0.4, 0.5) is 19.0 Å². The Hall–Kier alpha value is -2.82. The number of halogens is 3. The Labute approximate surface area is 111 Å². The Kier molecular flexibility index (Phi) is 3.43. The van der Waals surface area contributed by atoms with Crippen LogP contribution in [0.2, 0.25) is 0 Å². The van der Waals surface area contributed by atoms with Crippen molar-refractivity contribution < 1.29 is 17.9 Å². The standard InChI is InChI=1S/C12H7F3N4O/c13-12(14,15)8-3-7(4-16)1-2-9(8)20-11-6-18-10(17)5-19-11/h1-3,5-6H,(H2,17,18). The molecule has 0 saturated carbocycles. The second kappa shape index (κ2) is 5.05. The van der Waals surface area contributed by atoms with Crippen molar-refractivity contribution in [3.8, 4) is 17.7 Å². The van der Waals surface area contributed by atoms with Gasteiger partial charge in [0.25, 0.3) is 0 Å². The minimum absolute atomic E-state index is 0.118. The Bertz CT molecular complexity index is 662. The number of benzene rings is 1. The summed E-state index contributed by atoms with van der Waals surface area (Å²) >= 11 is 0. The predicted molar refractivity (Wildman–Crippen MR) is 62.7 cm³/mol. The van der Waals surface area contributed by atoms with Crippen LogP contribution in [0.3, 0.4) is 0 Å². The highest BCUT2D eigenvalue weighted by Gasteiger charge is 2.35. The molecule has 5 nitrogen and oxygen atoms in total. The van der Waals surface area contributed by atoms with Gasteiger partial charge in [0.2, 0.25) is 5.88 Å². The molecule has 0 radical (unpaired) electrons. The van der Waals surface area contributed by atoms with Gasteiger partial charge in [-0.2, -0.15) is 18.4 Å². The van der Waals surface area contributed by atoms with Gasteiger partial charge in [-0.05, 0) is 18.2 Å². The van der Waals surface area contributed by atoms with Crippen LogP contribution in [-0.4, -0.2) is 9.97 Å². The third-order valence-electron chi connectivity index (χ3n) is 2.28. The van der Waals surface area contributed by atoms with Crippen LogP contribution in [0.25, 0.3) is 0 Å². The van der Waals surface area contributed by atoms with Crippen LogP contribution in [0.1, 0.15) is 11.1 Å². The predicted octanol–water partition coefficient (Wildman–Crippen LogP) is 2.74. The number of ether oxygens (including phenoxy) is 1. The maximum absolute atomic E-state index is 12.9. The molecule has 0 fully saturated rings. The van der Waals surface area contributed by atoms with Crippen molar-refractivity contribution in [1.82, 2.24) is 9.97 Å². The molecule has 2 rings (SSSR count). The molecule has 0 aliphatic carbocycles. The van der Waals surface area contributed by atoms with E-state index in [4.69, 9.17) is 15.7 Å². The maximum Gasteiger partial charge on any atom is 0.420 e. The molecule has 8 heteroatoms. The summed E-state index contributed by atoms with van der Waals surface area (Å²) in [6.07, 6.45) is -2.39. The Balaban J connectivity index is 2.41. The van der Waals surface area contributed by atoms with Gasteiger partial charge < -0.3 is 10.5 Å². The van der Waals surface area contributed by atoms with Crippen molar-refractivity contribution >= 4 is 5.82 Å². The lowest BCUT2D eigenvalue weighted by molar-refractivity contribution is -0.138. The van der Waals surface area contributed by atoms with Gasteiger partial charge in [0.05, 0.1) is 29.6 Å². The molecule has 0 unspecified atom stereocenters. The molecule has 0 atom stereocenters. The van der Waals surface area contributed by atoms with Crippen LogP contribution in [0, 0.1) is 11.3 Å². The van der Waals surface area contributed by atoms with Crippen LogP contribution in [0.5, 0.6) is 11.6 Å². The zero-order valence-corrected chi connectivity index (χ0v) is 9.85. The summed E-state index contributed by atoms with van der Waals surface area (Å²) in [5.74, 6) is -0.474. The molecule has 20 heavy (non-hydrogen) atoms. The van der Waals surface area contributed by atoms with E-state index < -0.39 is 17.5 Å². The zero-order chi connectivity index (χ0) is 14.8. The maximum atomic E-state index is 12.9. The number of rotatable bonds is 2. The van der Waals surface area contributed by atoms with Gasteiger partial charge in [0.15, 0.2) is 0 Å². The van der Waals surface area contributed by atoms with E-state index >= 15 is 0 Å². The van der Waals surface area contributed by atoms with Crippen molar-refractivity contribution in [1.29, 1.82) is 5.26 Å². The summed E-state index contributed by atoms with van der Waals surface area (Å²) in [4.78, 5) is 7.35. The molecule has 102 valence electrons. The molecule has 0 bridgehead atoms. The highest BCUT2D eigenvalue weighted by molar-refractivity contribution is 5.45. The number of hydrogen-bond acceptors (Lipinski definition) is 5. The van der Waals surface area contributed by atoms with Gasteiger partial charge in [0, 0.05) is 0 Å². The van der Waals surface area contributed by atoms with Crippen molar-refractivity contribution in [3.63, 3.8) is 0 Å². The van der Waals surface area contributed by atoms with Gasteiger partial charge in [0.1, 0.15) is 11.6 Å². The number of anilines is 1. The molecule has 0 saturated heterocycles. The molecular weight excluding hydrogens is 273 g/mol. The van der Waals surface area contributed by atoms with Gasteiger partial charge >= 0.3 is 6.18 Å². The number of nitriles is 1. The van der Waals surface area contributed by atoms with Gasteiger partial charge in [-0.3, -0.25) is 0 Å². The minimum atomic E-state index is -4.65. The summed E-state index contributed by atoms with van der Waals surface area (Å²) < 4.78 is 43.7. The first-order chi connectivity index (χ1) is 9.40. The van der Waals surface area contributed by atoms with E-state index in [0.717, 1.165) is 18.5 Å². The van der Waals surface area contributed by atoms with E-state index in [1.165, 1.54) is 6.07 Å². The van der Waals surface area contributed by atoms with Gasteiger partial charge in [-0.1, -0.05) is 0 Å². The lowest BCUT2D eigenvalue weighted by Crippen LogP contribution is -2.08. The Morgan fingerprint density at radius 3 is 2.50 bits per heavy atom. The molecule has 2 aromatic rings. The average molecular weight is 280 g/mol. The van der Waals surface area contributed by atoms with E-state index in [-0.39, 0.29) is 17.3 Å². The lowest BCUT2D eigenvalue weighted by atomic mass is 10.1. The highest BCUT2D eigenvalue weighted by atomic mass is 19.4. The number of alkyl halides is 3. The van der Waals surface area contributed by atoms with E-state index in [0.29, 0.717) is 6.07 Å². The van der Waals surface area contributed by atoms with E-state index in [1.807, 2.05) is 0 Å². The van der Waals surface area contributed by atoms with Crippen LogP contribution in [0.15, 0.2) is 30.6 Å². The van der Waals surface area contributed by atoms with Gasteiger partial charge in [-0.15, -0.1) is 0 Å². The fourth-order valence-corrected chi connectivity index (χ4v) is 1.40. The average Bonchev–Trinajstić information content (AvgIpc) is 2.40. The van der Waals surface area contributed by atoms with Crippen molar-refractivity contribution in [3.05, 3.63) is 41.7 Å². The molecular formula is C12H7F3N4O. The zero-order valence-electron chi connectivity index (χ0n) is 9.85. The van der Waals surface area contributed by atoms with E-state index in [2.05, 4.69) is 9.97 Å². The summed E-state index contributed by atoms with van der Waals surface area (Å²) in [7, 11) is 0. The first kappa shape index (κ1) is 13.6.